The number of amides is 1. The van der Waals surface area contributed by atoms with Gasteiger partial charge in [0.2, 0.25) is 5.82 Å². The summed E-state index contributed by atoms with van der Waals surface area (Å²) in [7, 11) is 1.59. The maximum Gasteiger partial charge on any atom is 0.298 e. The Morgan fingerprint density at radius 1 is 1.23 bits per heavy atom. The number of fused-ring (bicyclic) bond motifs is 2. The number of hydrogen-bond acceptors (Lipinski definition) is 6. The lowest BCUT2D eigenvalue weighted by Gasteiger charge is -2.19. The van der Waals surface area contributed by atoms with Gasteiger partial charge in [0, 0.05) is 13.0 Å². The van der Waals surface area contributed by atoms with Crippen LogP contribution in [0.1, 0.15) is 28.4 Å². The van der Waals surface area contributed by atoms with Gasteiger partial charge in [-0.15, -0.1) is 10.2 Å². The highest BCUT2D eigenvalue weighted by Crippen LogP contribution is 2.39. The number of carbonyl (C=O) groups excluding carboxylic acids is 1. The highest BCUT2D eigenvalue weighted by Gasteiger charge is 2.29. The predicted octanol–water partition coefficient (Wildman–Crippen LogP) is 4.34. The van der Waals surface area contributed by atoms with E-state index in [1.165, 1.54) is 11.3 Å². The molecule has 0 spiro atoms. The first-order valence-electron chi connectivity index (χ1n) is 9.56. The summed E-state index contributed by atoms with van der Waals surface area (Å²) < 4.78 is 8.13. The molecule has 0 atom stereocenters. The van der Waals surface area contributed by atoms with Gasteiger partial charge in [-0.2, -0.15) is 0 Å². The first-order valence-corrected chi connectivity index (χ1v) is 10.8. The second-order valence-corrected chi connectivity index (χ2v) is 8.38. The molecule has 1 amide bonds. The van der Waals surface area contributed by atoms with Gasteiger partial charge in [-0.05, 0) is 24.1 Å². The van der Waals surface area contributed by atoms with E-state index < -0.39 is 0 Å². The lowest BCUT2D eigenvalue weighted by Crippen LogP contribution is -2.32. The third kappa shape index (κ3) is 3.22. The van der Waals surface area contributed by atoms with Crippen molar-refractivity contribution in [1.29, 1.82) is 0 Å². The van der Waals surface area contributed by atoms with Crippen molar-refractivity contribution in [2.45, 2.75) is 25.9 Å². The third-order valence-corrected chi connectivity index (χ3v) is 6.67. The Kier molecular flexibility index (Phi) is 4.88. The van der Waals surface area contributed by atoms with Gasteiger partial charge in [0.1, 0.15) is 17.1 Å². The number of aromatic nitrogens is 4. The largest absolute Gasteiger partial charge is 0.494 e. The number of rotatable bonds is 5. The van der Waals surface area contributed by atoms with Crippen LogP contribution < -0.4 is 9.64 Å². The fraction of sp³-hybridized carbons (Fsp3) is 0.238. The molecule has 2 aromatic carbocycles. The van der Waals surface area contributed by atoms with E-state index in [9.17, 15) is 4.79 Å². The quantitative estimate of drug-likeness (QED) is 0.462. The molecule has 0 unspecified atom stereocenters. The monoisotopic (exact) mass is 439 g/mol. The molecule has 0 saturated heterocycles. The normalized spacial score (nSPS) is 12.9. The predicted molar refractivity (Wildman–Crippen MR) is 116 cm³/mol. The molecule has 1 aliphatic rings. The topological polar surface area (TPSA) is 73.1 Å². The minimum atomic E-state index is -0.228. The summed E-state index contributed by atoms with van der Waals surface area (Å²) in [6.45, 7) is 1.11. The number of halogens is 1. The number of hydrogen-bond donors (Lipinski definition) is 0. The summed E-state index contributed by atoms with van der Waals surface area (Å²) in [6, 6.07) is 13.4. The van der Waals surface area contributed by atoms with Gasteiger partial charge < -0.3 is 9.30 Å². The van der Waals surface area contributed by atoms with Crippen LogP contribution in [0.25, 0.3) is 10.2 Å². The van der Waals surface area contributed by atoms with Crippen LogP contribution in [0.2, 0.25) is 5.02 Å². The molecule has 5 rings (SSSR count). The fourth-order valence-corrected chi connectivity index (χ4v) is 4.90. The Labute approximate surface area is 181 Å². The molecule has 7 nitrogen and oxygen atoms in total. The van der Waals surface area contributed by atoms with Crippen LogP contribution >= 0.6 is 22.9 Å². The van der Waals surface area contributed by atoms with Gasteiger partial charge in [-0.25, -0.2) is 4.98 Å². The average molecular weight is 440 g/mol. The Morgan fingerprint density at radius 2 is 2.07 bits per heavy atom. The summed E-state index contributed by atoms with van der Waals surface area (Å²) in [4.78, 5) is 20.0. The number of thiazole rings is 1. The van der Waals surface area contributed by atoms with Crippen LogP contribution in [0.5, 0.6) is 5.75 Å². The molecule has 3 heterocycles. The van der Waals surface area contributed by atoms with E-state index in [1.54, 1.807) is 24.1 Å². The number of methoxy groups -OCH3 is 1. The van der Waals surface area contributed by atoms with Crippen molar-refractivity contribution in [3.63, 3.8) is 0 Å². The number of aryl methyl sites for hydroxylation is 1. The Hall–Kier alpha value is -2.97. The highest BCUT2D eigenvalue weighted by molar-refractivity contribution is 7.23. The minimum absolute atomic E-state index is 0.228. The molecule has 4 aromatic rings. The van der Waals surface area contributed by atoms with Crippen LogP contribution in [0, 0.1) is 0 Å². The molecule has 0 saturated carbocycles. The number of ether oxygens (including phenoxy) is 1. The molecule has 1 aliphatic heterocycles. The second-order valence-electron chi connectivity index (χ2n) is 7.00. The molecular weight excluding hydrogens is 422 g/mol. The number of nitrogens with zero attached hydrogens (tertiary/aromatic N) is 5. The van der Waals surface area contributed by atoms with Crippen LogP contribution in [0.4, 0.5) is 5.13 Å². The van der Waals surface area contributed by atoms with Crippen molar-refractivity contribution in [2.24, 2.45) is 0 Å². The fourth-order valence-electron chi connectivity index (χ4n) is 3.64. The van der Waals surface area contributed by atoms with Crippen molar-refractivity contribution in [2.75, 3.05) is 12.0 Å². The first kappa shape index (κ1) is 19.0. The van der Waals surface area contributed by atoms with Crippen molar-refractivity contribution in [3.05, 3.63) is 64.7 Å². The van der Waals surface area contributed by atoms with Crippen molar-refractivity contribution < 1.29 is 9.53 Å². The maximum absolute atomic E-state index is 13.6. The molecule has 30 heavy (non-hydrogen) atoms. The molecule has 0 bridgehead atoms. The van der Waals surface area contributed by atoms with Crippen molar-refractivity contribution in [1.82, 2.24) is 19.7 Å². The summed E-state index contributed by atoms with van der Waals surface area (Å²) in [6.07, 6.45) is 1.81. The van der Waals surface area contributed by atoms with Gasteiger partial charge in [0.15, 0.2) is 5.13 Å². The van der Waals surface area contributed by atoms with E-state index in [-0.39, 0.29) is 5.91 Å². The average Bonchev–Trinajstić information content (AvgIpc) is 3.48. The number of benzene rings is 2. The number of carbonyl (C=O) groups is 1. The number of anilines is 1. The lowest BCUT2D eigenvalue weighted by atomic mass is 10.2. The van der Waals surface area contributed by atoms with Crippen LogP contribution in [0.15, 0.2) is 42.5 Å². The SMILES string of the molecule is COc1ccc(Cl)c2sc(N(Cc3ccccc3)C(=O)c3nnc4n3CCC4)nc12. The van der Waals surface area contributed by atoms with E-state index >= 15 is 0 Å². The zero-order valence-electron chi connectivity index (χ0n) is 16.2. The molecule has 9 heteroatoms. The summed E-state index contributed by atoms with van der Waals surface area (Å²) in [5.41, 5.74) is 1.63. The third-order valence-electron chi connectivity index (χ3n) is 5.13. The van der Waals surface area contributed by atoms with Crippen LogP contribution in [-0.4, -0.2) is 32.8 Å². The molecule has 0 aliphatic carbocycles. The summed E-state index contributed by atoms with van der Waals surface area (Å²) in [5.74, 6) is 1.59. The molecule has 2 aromatic heterocycles. The molecule has 0 N–H and O–H groups in total. The van der Waals surface area contributed by atoms with Gasteiger partial charge >= 0.3 is 0 Å². The van der Waals surface area contributed by atoms with Crippen LogP contribution in [0.3, 0.4) is 0 Å². The minimum Gasteiger partial charge on any atom is -0.494 e. The Morgan fingerprint density at radius 3 is 2.87 bits per heavy atom. The van der Waals surface area contributed by atoms with E-state index in [1.807, 2.05) is 34.9 Å². The molecular formula is C21H18ClN5O2S. The Bertz CT molecular complexity index is 1240. The van der Waals surface area contributed by atoms with Gasteiger partial charge in [-0.1, -0.05) is 53.3 Å². The van der Waals surface area contributed by atoms with Crippen molar-refractivity contribution in [3.8, 4) is 5.75 Å². The van der Waals surface area contributed by atoms with Gasteiger partial charge in [-0.3, -0.25) is 9.69 Å². The van der Waals surface area contributed by atoms with Gasteiger partial charge in [0.25, 0.3) is 5.91 Å². The highest BCUT2D eigenvalue weighted by atomic mass is 35.5. The van der Waals surface area contributed by atoms with E-state index in [0.717, 1.165) is 35.5 Å². The zero-order valence-corrected chi connectivity index (χ0v) is 17.8. The zero-order chi connectivity index (χ0) is 20.7. The molecule has 0 fully saturated rings. The maximum atomic E-state index is 13.6. The van der Waals surface area contributed by atoms with Gasteiger partial charge in [0.05, 0.1) is 23.4 Å². The standard InChI is InChI=1S/C21H18ClN5O2S/c1-29-15-10-9-14(22)18-17(15)23-21(30-18)27(12-13-6-3-2-4-7-13)20(28)19-25-24-16-8-5-11-26(16)19/h2-4,6-7,9-10H,5,8,11-12H2,1H3. The Balaban J connectivity index is 1.62. The van der Waals surface area contributed by atoms with E-state index in [2.05, 4.69) is 10.2 Å². The first-order chi connectivity index (χ1) is 14.7. The molecule has 152 valence electrons. The lowest BCUT2D eigenvalue weighted by molar-refractivity contribution is 0.0970. The van der Waals surface area contributed by atoms with Crippen molar-refractivity contribution >= 4 is 44.2 Å². The summed E-state index contributed by atoms with van der Waals surface area (Å²) >= 11 is 7.77. The van der Waals surface area contributed by atoms with E-state index in [4.69, 9.17) is 21.3 Å². The molecule has 0 radical (unpaired) electrons. The van der Waals surface area contributed by atoms with E-state index in [0.29, 0.717) is 33.8 Å². The van der Waals surface area contributed by atoms with Crippen LogP contribution in [-0.2, 0) is 19.5 Å². The summed E-state index contributed by atoms with van der Waals surface area (Å²) in [5, 5.41) is 9.49. The smallest absolute Gasteiger partial charge is 0.298 e. The second kappa shape index (κ2) is 7.70.